The predicted octanol–water partition coefficient (Wildman–Crippen LogP) is 15.1. The third-order valence-corrected chi connectivity index (χ3v) is 11.9. The number of nitrogens with zero attached hydrogens (tertiary/aromatic N) is 4. The van der Waals surface area contributed by atoms with Crippen LogP contribution in [0.15, 0.2) is 223 Å². The van der Waals surface area contributed by atoms with Gasteiger partial charge in [0.05, 0.1) is 11.2 Å². The molecule has 3 heterocycles. The van der Waals surface area contributed by atoms with Crippen LogP contribution in [0, 0.1) is 0 Å². The Balaban J connectivity index is 0.975. The molecular weight excluding hydrogens is 769 g/mol. The standard InChI is InChI=1S/C58H36N4O/c1-4-16-37(17-5-1)42-22-14-24-44(34-42)57-60-56(41-20-8-3-9-21-41)61-58(62-57)45-25-15-23-43(35-45)38-30-32-40(33-31-38)55-48-36-51-54(47-27-11-13-29-50(47)63-51)52(39-18-6-2-7-19-39)53(48)46-26-10-12-28-49(46)59-55/h1-36H. The van der Waals surface area contributed by atoms with Crippen molar-refractivity contribution >= 4 is 43.6 Å². The lowest BCUT2D eigenvalue weighted by atomic mass is 9.89. The minimum atomic E-state index is 0.611. The summed E-state index contributed by atoms with van der Waals surface area (Å²) in [5.74, 6) is 1.86. The van der Waals surface area contributed by atoms with Gasteiger partial charge in [0.15, 0.2) is 17.5 Å². The van der Waals surface area contributed by atoms with Gasteiger partial charge in [0.2, 0.25) is 0 Å². The average molecular weight is 805 g/mol. The molecule has 0 atom stereocenters. The molecule has 0 saturated heterocycles. The fraction of sp³-hybridized carbons (Fsp3) is 0. The Labute approximate surface area is 363 Å². The lowest BCUT2D eigenvalue weighted by Gasteiger charge is -2.16. The third kappa shape index (κ3) is 6.51. The van der Waals surface area contributed by atoms with Crippen molar-refractivity contribution in [3.05, 3.63) is 218 Å². The smallest absolute Gasteiger partial charge is 0.164 e. The molecule has 12 aromatic rings. The molecule has 0 unspecified atom stereocenters. The van der Waals surface area contributed by atoms with Crippen molar-refractivity contribution < 1.29 is 4.42 Å². The van der Waals surface area contributed by atoms with E-state index in [4.69, 9.17) is 24.4 Å². The van der Waals surface area contributed by atoms with Gasteiger partial charge in [-0.25, -0.2) is 19.9 Å². The van der Waals surface area contributed by atoms with E-state index in [9.17, 15) is 0 Å². The van der Waals surface area contributed by atoms with Crippen molar-refractivity contribution in [1.29, 1.82) is 0 Å². The summed E-state index contributed by atoms with van der Waals surface area (Å²) >= 11 is 0. The molecule has 0 saturated carbocycles. The van der Waals surface area contributed by atoms with Gasteiger partial charge >= 0.3 is 0 Å². The SMILES string of the molecule is c1ccc(-c2cccc(-c3nc(-c4ccccc4)nc(-c4cccc(-c5ccc(-c6nc7ccccc7c7c(-c8ccccc8)c8c(cc67)oc6ccccc68)cc5)c4)n3)c2)cc1. The highest BCUT2D eigenvalue weighted by molar-refractivity contribution is 6.27. The van der Waals surface area contributed by atoms with Gasteiger partial charge in [-0.05, 0) is 58.1 Å². The predicted molar refractivity (Wildman–Crippen MR) is 258 cm³/mol. The maximum Gasteiger partial charge on any atom is 0.164 e. The Morgan fingerprint density at radius 3 is 1.40 bits per heavy atom. The molecule has 5 heteroatoms. The van der Waals surface area contributed by atoms with Crippen LogP contribution >= 0.6 is 0 Å². The summed E-state index contributed by atoms with van der Waals surface area (Å²) in [6, 6.07) is 75.7. The normalized spacial score (nSPS) is 11.5. The Hall–Kier alpha value is -8.54. The number of furan rings is 1. The monoisotopic (exact) mass is 804 g/mol. The van der Waals surface area contributed by atoms with Crippen LogP contribution < -0.4 is 0 Å². The number of hydrogen-bond acceptors (Lipinski definition) is 5. The largest absolute Gasteiger partial charge is 0.456 e. The second-order valence-electron chi connectivity index (χ2n) is 15.8. The first kappa shape index (κ1) is 36.3. The molecule has 0 radical (unpaired) electrons. The van der Waals surface area contributed by atoms with Crippen LogP contribution in [0.3, 0.4) is 0 Å². The second kappa shape index (κ2) is 15.2. The van der Waals surface area contributed by atoms with Crippen LogP contribution in [0.2, 0.25) is 0 Å². The van der Waals surface area contributed by atoms with Crippen LogP contribution in [0.5, 0.6) is 0 Å². The summed E-state index contributed by atoms with van der Waals surface area (Å²) in [5.41, 5.74) is 14.0. The first-order valence-electron chi connectivity index (χ1n) is 21.1. The summed E-state index contributed by atoms with van der Waals surface area (Å²) in [6.07, 6.45) is 0. The van der Waals surface area contributed by atoms with Gasteiger partial charge in [-0.2, -0.15) is 0 Å². The number of rotatable bonds is 7. The summed E-state index contributed by atoms with van der Waals surface area (Å²) in [7, 11) is 0. The van der Waals surface area contributed by atoms with Crippen molar-refractivity contribution in [2.45, 2.75) is 0 Å². The molecule has 3 aromatic heterocycles. The fourth-order valence-electron chi connectivity index (χ4n) is 8.91. The van der Waals surface area contributed by atoms with Gasteiger partial charge in [-0.3, -0.25) is 0 Å². The molecule has 0 amide bonds. The minimum absolute atomic E-state index is 0.611. The topological polar surface area (TPSA) is 64.7 Å². The Kier molecular flexibility index (Phi) is 8.75. The summed E-state index contributed by atoms with van der Waals surface area (Å²) < 4.78 is 6.60. The molecule has 0 fully saturated rings. The van der Waals surface area contributed by atoms with Crippen molar-refractivity contribution in [3.8, 4) is 78.8 Å². The van der Waals surface area contributed by atoms with Crippen LogP contribution in [0.25, 0.3) is 122 Å². The number of fused-ring (bicyclic) bond motifs is 6. The molecule has 63 heavy (non-hydrogen) atoms. The van der Waals surface area contributed by atoms with Crippen molar-refractivity contribution in [1.82, 2.24) is 19.9 Å². The van der Waals surface area contributed by atoms with Crippen LogP contribution in [-0.4, -0.2) is 19.9 Å². The van der Waals surface area contributed by atoms with E-state index >= 15 is 0 Å². The van der Waals surface area contributed by atoms with E-state index in [0.717, 1.165) is 105 Å². The third-order valence-electron chi connectivity index (χ3n) is 11.9. The molecule has 294 valence electrons. The lowest BCUT2D eigenvalue weighted by molar-refractivity contribution is 0.669. The molecule has 5 nitrogen and oxygen atoms in total. The second-order valence-corrected chi connectivity index (χ2v) is 15.8. The van der Waals surface area contributed by atoms with Crippen molar-refractivity contribution in [3.63, 3.8) is 0 Å². The van der Waals surface area contributed by atoms with Crippen LogP contribution in [0.1, 0.15) is 0 Å². The fourth-order valence-corrected chi connectivity index (χ4v) is 8.91. The van der Waals surface area contributed by atoms with Gasteiger partial charge in [-0.15, -0.1) is 0 Å². The lowest BCUT2D eigenvalue weighted by Crippen LogP contribution is -2.00. The van der Waals surface area contributed by atoms with E-state index in [-0.39, 0.29) is 0 Å². The van der Waals surface area contributed by atoms with Gasteiger partial charge in [0.25, 0.3) is 0 Å². The molecule has 0 aliphatic heterocycles. The molecule has 9 aromatic carbocycles. The van der Waals surface area contributed by atoms with Crippen LogP contribution in [0.4, 0.5) is 0 Å². The summed E-state index contributed by atoms with van der Waals surface area (Å²) in [4.78, 5) is 20.5. The Morgan fingerprint density at radius 2 is 0.746 bits per heavy atom. The summed E-state index contributed by atoms with van der Waals surface area (Å²) in [6.45, 7) is 0. The van der Waals surface area contributed by atoms with Gasteiger partial charge in [0, 0.05) is 54.7 Å². The molecule has 0 spiro atoms. The number of aromatic nitrogens is 4. The van der Waals surface area contributed by atoms with Gasteiger partial charge in [-0.1, -0.05) is 188 Å². The molecule has 0 N–H and O–H groups in total. The van der Waals surface area contributed by atoms with Crippen LogP contribution in [-0.2, 0) is 0 Å². The van der Waals surface area contributed by atoms with E-state index in [2.05, 4.69) is 170 Å². The highest BCUT2D eigenvalue weighted by Crippen LogP contribution is 2.46. The molecule has 12 rings (SSSR count). The van der Waals surface area contributed by atoms with E-state index in [1.807, 2.05) is 48.5 Å². The van der Waals surface area contributed by atoms with Crippen molar-refractivity contribution in [2.24, 2.45) is 0 Å². The number of benzene rings is 9. The number of para-hydroxylation sites is 2. The summed E-state index contributed by atoms with van der Waals surface area (Å²) in [5, 5.41) is 5.53. The van der Waals surface area contributed by atoms with E-state index in [0.29, 0.717) is 17.5 Å². The molecule has 0 aliphatic carbocycles. The maximum atomic E-state index is 6.60. The number of pyridine rings is 1. The Bertz CT molecular complexity index is 3660. The van der Waals surface area contributed by atoms with E-state index in [1.165, 1.54) is 0 Å². The highest BCUT2D eigenvalue weighted by atomic mass is 16.3. The van der Waals surface area contributed by atoms with Gasteiger partial charge in [0.1, 0.15) is 11.2 Å². The zero-order valence-corrected chi connectivity index (χ0v) is 34.0. The molecule has 0 aliphatic rings. The average Bonchev–Trinajstić information content (AvgIpc) is 3.74. The zero-order chi connectivity index (χ0) is 41.7. The first-order valence-corrected chi connectivity index (χ1v) is 21.1. The molecular formula is C58H36N4O. The highest BCUT2D eigenvalue weighted by Gasteiger charge is 2.22. The van der Waals surface area contributed by atoms with Crippen molar-refractivity contribution in [2.75, 3.05) is 0 Å². The van der Waals surface area contributed by atoms with E-state index < -0.39 is 0 Å². The number of hydrogen-bond donors (Lipinski definition) is 0. The zero-order valence-electron chi connectivity index (χ0n) is 34.0. The maximum absolute atomic E-state index is 6.60. The quantitative estimate of drug-likeness (QED) is 0.150. The minimum Gasteiger partial charge on any atom is -0.456 e. The van der Waals surface area contributed by atoms with Gasteiger partial charge < -0.3 is 4.42 Å². The first-order chi connectivity index (χ1) is 31.2. The van der Waals surface area contributed by atoms with E-state index in [1.54, 1.807) is 0 Å². The Morgan fingerprint density at radius 1 is 0.270 bits per heavy atom. The molecule has 0 bridgehead atoms.